The molecule has 0 unspecified atom stereocenters. The van der Waals surface area contributed by atoms with Crippen molar-refractivity contribution in [1.29, 1.82) is 5.26 Å². The van der Waals surface area contributed by atoms with Crippen LogP contribution in [0.5, 0.6) is 0 Å². The normalized spacial score (nSPS) is 17.7. The second-order valence-electron chi connectivity index (χ2n) is 4.22. The van der Waals surface area contributed by atoms with Crippen LogP contribution in [0, 0.1) is 11.3 Å². The van der Waals surface area contributed by atoms with Gasteiger partial charge in [0.05, 0.1) is 0 Å². The fourth-order valence-electron chi connectivity index (χ4n) is 1.64. The number of piperazine rings is 1. The van der Waals surface area contributed by atoms with Gasteiger partial charge in [0.25, 0.3) is 5.91 Å². The zero-order valence-electron chi connectivity index (χ0n) is 10.6. The Bertz CT molecular complexity index is 324. The minimum absolute atomic E-state index is 0.163. The van der Waals surface area contributed by atoms with E-state index in [-0.39, 0.29) is 11.5 Å². The summed E-state index contributed by atoms with van der Waals surface area (Å²) >= 11 is 0. The maximum Gasteiger partial charge on any atom is 0.266 e. The molecular formula is C12H20N4O. The van der Waals surface area contributed by atoms with Gasteiger partial charge < -0.3 is 15.1 Å². The Balaban J connectivity index is 2.55. The predicted molar refractivity (Wildman–Crippen MR) is 66.1 cm³/mol. The van der Waals surface area contributed by atoms with Crippen LogP contribution in [0.4, 0.5) is 0 Å². The van der Waals surface area contributed by atoms with E-state index in [0.717, 1.165) is 26.1 Å². The van der Waals surface area contributed by atoms with Crippen molar-refractivity contribution >= 4 is 5.91 Å². The van der Waals surface area contributed by atoms with Gasteiger partial charge in [-0.1, -0.05) is 6.92 Å². The summed E-state index contributed by atoms with van der Waals surface area (Å²) in [6.07, 6.45) is 2.50. The lowest BCUT2D eigenvalue weighted by atomic mass is 10.2. The summed E-state index contributed by atoms with van der Waals surface area (Å²) in [5, 5.41) is 11.9. The number of hydrogen-bond acceptors (Lipinski definition) is 4. The van der Waals surface area contributed by atoms with Gasteiger partial charge in [-0.25, -0.2) is 0 Å². The maximum absolute atomic E-state index is 12.0. The molecule has 0 atom stereocenters. The Hall–Kier alpha value is -1.54. The van der Waals surface area contributed by atoms with Crippen molar-refractivity contribution in [2.45, 2.75) is 13.3 Å². The van der Waals surface area contributed by atoms with Crippen LogP contribution >= 0.6 is 0 Å². The molecular weight excluding hydrogens is 216 g/mol. The maximum atomic E-state index is 12.0. The number of rotatable bonds is 4. The van der Waals surface area contributed by atoms with Gasteiger partial charge >= 0.3 is 0 Å². The minimum Gasteiger partial charge on any atom is -0.390 e. The van der Waals surface area contributed by atoms with Crippen LogP contribution in [0.2, 0.25) is 0 Å². The number of carbonyl (C=O) groups is 1. The number of likely N-dealkylation sites (N-methyl/N-ethyl adjacent to an activating group) is 1. The van der Waals surface area contributed by atoms with Gasteiger partial charge in [0.2, 0.25) is 0 Å². The smallest absolute Gasteiger partial charge is 0.266 e. The second kappa shape index (κ2) is 6.92. The van der Waals surface area contributed by atoms with Gasteiger partial charge in [-0.3, -0.25) is 4.79 Å². The average Bonchev–Trinajstić information content (AvgIpc) is 2.35. The quantitative estimate of drug-likeness (QED) is 0.429. The summed E-state index contributed by atoms with van der Waals surface area (Å²) in [5.41, 5.74) is 0.197. The lowest BCUT2D eigenvalue weighted by Gasteiger charge is -2.32. The number of carbonyl (C=O) groups excluding carboxylic acids is 1. The lowest BCUT2D eigenvalue weighted by molar-refractivity contribution is -0.128. The minimum atomic E-state index is -0.163. The molecule has 0 aliphatic carbocycles. The number of nitrogens with zero attached hydrogens (tertiary/aromatic N) is 3. The van der Waals surface area contributed by atoms with Crippen molar-refractivity contribution < 1.29 is 4.79 Å². The standard InChI is InChI=1S/C12H20N4O/c1-3-4-14-10-11(9-13)12(17)16-7-5-15(2)6-8-16/h10,14H,3-8H2,1-2H3/b11-10-. The Morgan fingerprint density at radius 1 is 1.41 bits per heavy atom. The molecule has 5 heteroatoms. The van der Waals surface area contributed by atoms with Crippen LogP contribution in [0.3, 0.4) is 0 Å². The second-order valence-corrected chi connectivity index (χ2v) is 4.22. The summed E-state index contributed by atoms with van der Waals surface area (Å²) in [7, 11) is 2.03. The molecule has 0 spiro atoms. The summed E-state index contributed by atoms with van der Waals surface area (Å²) in [5.74, 6) is -0.163. The molecule has 0 saturated carbocycles. The van der Waals surface area contributed by atoms with Crippen LogP contribution in [0.1, 0.15) is 13.3 Å². The molecule has 1 N–H and O–H groups in total. The monoisotopic (exact) mass is 236 g/mol. The highest BCUT2D eigenvalue weighted by Crippen LogP contribution is 2.05. The Labute approximate surface area is 103 Å². The van der Waals surface area contributed by atoms with Crippen LogP contribution in [0.15, 0.2) is 11.8 Å². The fourth-order valence-corrected chi connectivity index (χ4v) is 1.64. The molecule has 1 rings (SSSR count). The first kappa shape index (κ1) is 13.5. The van der Waals surface area contributed by atoms with Gasteiger partial charge in [0.1, 0.15) is 11.6 Å². The number of hydrogen-bond donors (Lipinski definition) is 1. The van der Waals surface area contributed by atoms with Gasteiger partial charge in [-0.15, -0.1) is 0 Å². The van der Waals surface area contributed by atoms with Crippen molar-refractivity contribution in [3.63, 3.8) is 0 Å². The highest BCUT2D eigenvalue weighted by molar-refractivity contribution is 5.97. The number of nitriles is 1. The summed E-state index contributed by atoms with van der Waals surface area (Å²) < 4.78 is 0. The molecule has 1 fully saturated rings. The third-order valence-electron chi connectivity index (χ3n) is 2.78. The average molecular weight is 236 g/mol. The third kappa shape index (κ3) is 4.08. The Morgan fingerprint density at radius 2 is 2.06 bits per heavy atom. The molecule has 1 heterocycles. The van der Waals surface area contributed by atoms with E-state index < -0.39 is 0 Å². The lowest BCUT2D eigenvalue weighted by Crippen LogP contribution is -2.47. The summed E-state index contributed by atoms with van der Waals surface area (Å²) in [6.45, 7) is 5.94. The van der Waals surface area contributed by atoms with Crippen LogP contribution in [-0.4, -0.2) is 55.5 Å². The van der Waals surface area contributed by atoms with Crippen molar-refractivity contribution in [1.82, 2.24) is 15.1 Å². The zero-order chi connectivity index (χ0) is 12.7. The molecule has 94 valence electrons. The first-order valence-corrected chi connectivity index (χ1v) is 6.00. The summed E-state index contributed by atoms with van der Waals surface area (Å²) in [4.78, 5) is 15.9. The van der Waals surface area contributed by atoms with Gasteiger partial charge in [0, 0.05) is 38.9 Å². The number of amides is 1. The molecule has 0 aromatic rings. The van der Waals surface area contributed by atoms with E-state index in [1.165, 1.54) is 6.20 Å². The third-order valence-corrected chi connectivity index (χ3v) is 2.78. The Morgan fingerprint density at radius 3 is 2.59 bits per heavy atom. The number of nitrogens with one attached hydrogen (secondary N) is 1. The molecule has 1 aliphatic heterocycles. The van der Waals surface area contributed by atoms with E-state index in [0.29, 0.717) is 13.1 Å². The van der Waals surface area contributed by atoms with Gasteiger partial charge in [-0.2, -0.15) is 5.26 Å². The van der Waals surface area contributed by atoms with Crippen molar-refractivity contribution in [2.75, 3.05) is 39.8 Å². The molecule has 0 radical (unpaired) electrons. The molecule has 17 heavy (non-hydrogen) atoms. The molecule has 1 saturated heterocycles. The summed E-state index contributed by atoms with van der Waals surface area (Å²) in [6, 6.07) is 1.96. The van der Waals surface area contributed by atoms with E-state index in [1.54, 1.807) is 4.90 Å². The first-order valence-electron chi connectivity index (χ1n) is 6.00. The van der Waals surface area contributed by atoms with E-state index in [1.807, 2.05) is 20.0 Å². The van der Waals surface area contributed by atoms with Crippen molar-refractivity contribution in [2.24, 2.45) is 0 Å². The van der Waals surface area contributed by atoms with E-state index in [9.17, 15) is 4.79 Å². The predicted octanol–water partition coefficient (Wildman–Crippen LogP) is 0.167. The highest BCUT2D eigenvalue weighted by atomic mass is 16.2. The van der Waals surface area contributed by atoms with Gasteiger partial charge in [-0.05, 0) is 13.5 Å². The topological polar surface area (TPSA) is 59.4 Å². The van der Waals surface area contributed by atoms with Crippen LogP contribution in [-0.2, 0) is 4.79 Å². The van der Waals surface area contributed by atoms with Crippen molar-refractivity contribution in [3.05, 3.63) is 11.8 Å². The highest BCUT2D eigenvalue weighted by Gasteiger charge is 2.21. The van der Waals surface area contributed by atoms with Crippen LogP contribution in [0.25, 0.3) is 0 Å². The first-order chi connectivity index (χ1) is 8.19. The Kier molecular flexibility index (Phi) is 5.50. The van der Waals surface area contributed by atoms with E-state index in [2.05, 4.69) is 10.2 Å². The fraction of sp³-hybridized carbons (Fsp3) is 0.667. The van der Waals surface area contributed by atoms with Gasteiger partial charge in [0.15, 0.2) is 0 Å². The largest absolute Gasteiger partial charge is 0.390 e. The molecule has 1 amide bonds. The molecule has 0 aromatic heterocycles. The van der Waals surface area contributed by atoms with Crippen LogP contribution < -0.4 is 5.32 Å². The molecule has 0 aromatic carbocycles. The van der Waals surface area contributed by atoms with Crippen molar-refractivity contribution in [3.8, 4) is 6.07 Å². The SMILES string of the molecule is CCCN/C=C(/C#N)C(=O)N1CCN(C)CC1. The molecule has 5 nitrogen and oxygen atoms in total. The molecule has 0 bridgehead atoms. The zero-order valence-corrected chi connectivity index (χ0v) is 10.6. The van der Waals surface area contributed by atoms with E-state index >= 15 is 0 Å². The van der Waals surface area contributed by atoms with E-state index in [4.69, 9.17) is 5.26 Å². The molecule has 1 aliphatic rings.